The van der Waals surface area contributed by atoms with E-state index in [0.29, 0.717) is 50.1 Å². The fourth-order valence-electron chi connectivity index (χ4n) is 5.03. The molecule has 3 rings (SSSR count). The van der Waals surface area contributed by atoms with Crippen molar-refractivity contribution in [2.75, 3.05) is 26.8 Å². The molecule has 46 heavy (non-hydrogen) atoms. The van der Waals surface area contributed by atoms with Crippen LogP contribution in [0.2, 0.25) is 0 Å². The van der Waals surface area contributed by atoms with Crippen LogP contribution in [0.5, 0.6) is 5.75 Å². The first-order valence-corrected chi connectivity index (χ1v) is 15.4. The van der Waals surface area contributed by atoms with Crippen LogP contribution in [-0.4, -0.2) is 85.3 Å². The third kappa shape index (κ3) is 11.6. The zero-order chi connectivity index (χ0) is 33.7. The van der Waals surface area contributed by atoms with Crippen LogP contribution in [0.1, 0.15) is 62.4 Å². The maximum atomic E-state index is 13.9. The molecule has 0 saturated carbocycles. The Labute approximate surface area is 270 Å². The number of carbonyl (C=O) groups excluding carboxylic acids is 4. The first-order chi connectivity index (χ1) is 21.9. The van der Waals surface area contributed by atoms with Crippen LogP contribution < -0.4 is 26.8 Å². The number of rotatable bonds is 14. The van der Waals surface area contributed by atoms with E-state index in [9.17, 15) is 19.2 Å². The van der Waals surface area contributed by atoms with Gasteiger partial charge in [-0.25, -0.2) is 9.59 Å². The number of guanidine groups is 1. The van der Waals surface area contributed by atoms with Gasteiger partial charge in [0.2, 0.25) is 11.8 Å². The van der Waals surface area contributed by atoms with Gasteiger partial charge < -0.3 is 41.2 Å². The summed E-state index contributed by atoms with van der Waals surface area (Å²) >= 11 is 0. The molecule has 13 nitrogen and oxygen atoms in total. The zero-order valence-electron chi connectivity index (χ0n) is 27.0. The van der Waals surface area contributed by atoms with Gasteiger partial charge in [-0.15, -0.1) is 0 Å². The summed E-state index contributed by atoms with van der Waals surface area (Å²) in [5.41, 5.74) is 11.3. The Morgan fingerprint density at radius 2 is 1.72 bits per heavy atom. The number of benzene rings is 2. The molecule has 1 saturated heterocycles. The summed E-state index contributed by atoms with van der Waals surface area (Å²) in [7, 11) is 1.53. The van der Waals surface area contributed by atoms with Crippen molar-refractivity contribution < 1.29 is 33.4 Å². The molecular weight excluding hydrogens is 592 g/mol. The minimum Gasteiger partial charge on any atom is -0.497 e. The van der Waals surface area contributed by atoms with Crippen LogP contribution in [0.3, 0.4) is 0 Å². The van der Waals surface area contributed by atoms with Gasteiger partial charge in [0.1, 0.15) is 30.0 Å². The van der Waals surface area contributed by atoms with Gasteiger partial charge in [0.15, 0.2) is 5.96 Å². The fraction of sp³-hybridized carbons (Fsp3) is 0.485. The summed E-state index contributed by atoms with van der Waals surface area (Å²) < 4.78 is 16.1. The third-order valence-corrected chi connectivity index (χ3v) is 7.20. The lowest BCUT2D eigenvalue weighted by atomic mass is 10.0. The van der Waals surface area contributed by atoms with E-state index in [1.807, 2.05) is 30.3 Å². The van der Waals surface area contributed by atoms with Crippen LogP contribution in [0.25, 0.3) is 0 Å². The van der Waals surface area contributed by atoms with Gasteiger partial charge in [0, 0.05) is 19.5 Å². The van der Waals surface area contributed by atoms with Crippen LogP contribution >= 0.6 is 0 Å². The van der Waals surface area contributed by atoms with Crippen molar-refractivity contribution in [1.29, 1.82) is 0 Å². The second-order valence-corrected chi connectivity index (χ2v) is 12.1. The van der Waals surface area contributed by atoms with Crippen LogP contribution in [0.15, 0.2) is 59.6 Å². The molecule has 0 aromatic heterocycles. The number of aliphatic imine (C=N–C) groups is 1. The van der Waals surface area contributed by atoms with Gasteiger partial charge in [-0.05, 0) is 76.3 Å². The van der Waals surface area contributed by atoms with E-state index >= 15 is 0 Å². The topological polar surface area (TPSA) is 188 Å². The molecule has 0 spiro atoms. The third-order valence-electron chi connectivity index (χ3n) is 7.20. The molecule has 0 radical (unpaired) electrons. The van der Waals surface area contributed by atoms with Gasteiger partial charge in [-0.3, -0.25) is 14.6 Å². The van der Waals surface area contributed by atoms with Gasteiger partial charge in [-0.1, -0.05) is 30.3 Å². The first-order valence-electron chi connectivity index (χ1n) is 15.4. The highest BCUT2D eigenvalue weighted by molar-refractivity contribution is 5.92. The van der Waals surface area contributed by atoms with Crippen molar-refractivity contribution in [2.24, 2.45) is 16.5 Å². The molecule has 0 bridgehead atoms. The van der Waals surface area contributed by atoms with Crippen molar-refractivity contribution in [2.45, 2.75) is 76.6 Å². The number of esters is 1. The van der Waals surface area contributed by atoms with Gasteiger partial charge in [0.05, 0.1) is 18.7 Å². The summed E-state index contributed by atoms with van der Waals surface area (Å²) in [4.78, 5) is 58.5. The lowest BCUT2D eigenvalue weighted by Crippen LogP contribution is -2.55. The smallest absolute Gasteiger partial charge is 0.408 e. The predicted octanol–water partition coefficient (Wildman–Crippen LogP) is 2.52. The van der Waals surface area contributed by atoms with Crippen molar-refractivity contribution in [3.8, 4) is 5.75 Å². The lowest BCUT2D eigenvalue weighted by molar-refractivity contribution is -0.140. The SMILES string of the molecule is COc1ccc(C(=O)OC[C@H](CCCN=C(N)N)NC(=O)[C@@H]2CCCN2C(=O)[C@@H](Cc2ccccc2)NC(=O)OC(C)(C)C)cc1. The van der Waals surface area contributed by atoms with E-state index in [4.69, 9.17) is 25.7 Å². The number of methoxy groups -OCH3 is 1. The van der Waals surface area contributed by atoms with E-state index in [-0.39, 0.29) is 30.8 Å². The van der Waals surface area contributed by atoms with Crippen LogP contribution in [-0.2, 0) is 25.5 Å². The molecule has 1 heterocycles. The molecule has 250 valence electrons. The number of hydrogen-bond acceptors (Lipinski definition) is 8. The Hall–Kier alpha value is -4.81. The van der Waals surface area contributed by atoms with Crippen molar-refractivity contribution in [3.63, 3.8) is 0 Å². The van der Waals surface area contributed by atoms with Gasteiger partial charge in [0.25, 0.3) is 0 Å². The van der Waals surface area contributed by atoms with Crippen molar-refractivity contribution in [1.82, 2.24) is 15.5 Å². The average Bonchev–Trinajstić information content (AvgIpc) is 3.51. The summed E-state index contributed by atoms with van der Waals surface area (Å²) in [5.74, 6) is -0.765. The minimum absolute atomic E-state index is 0.0447. The molecule has 1 fully saturated rings. The zero-order valence-corrected chi connectivity index (χ0v) is 27.0. The molecule has 1 aliphatic heterocycles. The highest BCUT2D eigenvalue weighted by Crippen LogP contribution is 2.21. The standard InChI is InChI=1S/C33H46N6O7/c1-33(2,3)46-32(43)38-26(20-22-10-6-5-7-11-22)29(41)39-19-9-13-27(39)28(40)37-24(12-8-18-36-31(34)35)21-45-30(42)23-14-16-25(44-4)17-15-23/h5-7,10-11,14-17,24,26-27H,8-9,12-13,18-21H2,1-4H3,(H,37,40)(H,38,43)(H4,34,35,36)/t24-,26+,27-/m0/s1. The maximum absolute atomic E-state index is 13.9. The summed E-state index contributed by atoms with van der Waals surface area (Å²) in [6.45, 7) is 5.79. The van der Waals surface area contributed by atoms with Crippen LogP contribution in [0, 0.1) is 0 Å². The van der Waals surface area contributed by atoms with E-state index in [1.165, 1.54) is 12.0 Å². The number of nitrogens with two attached hydrogens (primary N) is 2. The predicted molar refractivity (Wildman–Crippen MR) is 173 cm³/mol. The Bertz CT molecular complexity index is 1340. The second kappa shape index (κ2) is 17.0. The number of carbonyl (C=O) groups is 4. The highest BCUT2D eigenvalue weighted by Gasteiger charge is 2.38. The van der Waals surface area contributed by atoms with Crippen molar-refractivity contribution >= 4 is 29.8 Å². The van der Waals surface area contributed by atoms with E-state index < -0.39 is 35.8 Å². The highest BCUT2D eigenvalue weighted by atomic mass is 16.6. The molecule has 3 atom stereocenters. The summed E-state index contributed by atoms with van der Waals surface area (Å²) in [6, 6.07) is 13.5. The number of nitrogens with zero attached hydrogens (tertiary/aromatic N) is 2. The molecule has 0 aliphatic carbocycles. The lowest BCUT2D eigenvalue weighted by Gasteiger charge is -2.30. The Balaban J connectivity index is 1.72. The summed E-state index contributed by atoms with van der Waals surface area (Å²) in [6.07, 6.45) is 1.47. The van der Waals surface area contributed by atoms with Crippen LogP contribution in [0.4, 0.5) is 4.79 Å². The molecule has 2 aromatic carbocycles. The number of ether oxygens (including phenoxy) is 3. The second-order valence-electron chi connectivity index (χ2n) is 12.1. The molecule has 6 N–H and O–H groups in total. The molecular formula is C33H46N6O7. The average molecular weight is 639 g/mol. The summed E-state index contributed by atoms with van der Waals surface area (Å²) in [5, 5.41) is 5.68. The van der Waals surface area contributed by atoms with Crippen molar-refractivity contribution in [3.05, 3.63) is 65.7 Å². The molecule has 0 unspecified atom stereocenters. The van der Waals surface area contributed by atoms with Gasteiger partial charge >= 0.3 is 12.1 Å². The molecule has 2 aromatic rings. The van der Waals surface area contributed by atoms with E-state index in [2.05, 4.69) is 15.6 Å². The van der Waals surface area contributed by atoms with Gasteiger partial charge in [-0.2, -0.15) is 0 Å². The largest absolute Gasteiger partial charge is 0.497 e. The Morgan fingerprint density at radius 1 is 1.02 bits per heavy atom. The normalized spacial score (nSPS) is 15.7. The quantitative estimate of drug-likeness (QED) is 0.104. The minimum atomic E-state index is -0.952. The number of nitrogens with one attached hydrogen (secondary N) is 2. The molecule has 1 aliphatic rings. The Kier molecular flexibility index (Phi) is 13.2. The number of alkyl carbamates (subject to hydrolysis) is 1. The number of likely N-dealkylation sites (tertiary alicyclic amines) is 1. The number of amides is 3. The fourth-order valence-corrected chi connectivity index (χ4v) is 5.03. The monoisotopic (exact) mass is 638 g/mol. The maximum Gasteiger partial charge on any atom is 0.408 e. The molecule has 3 amide bonds. The number of hydrogen-bond donors (Lipinski definition) is 4. The van der Waals surface area contributed by atoms with E-state index in [1.54, 1.807) is 45.0 Å². The molecule has 13 heteroatoms. The van der Waals surface area contributed by atoms with E-state index in [0.717, 1.165) is 5.56 Å². The Morgan fingerprint density at radius 3 is 2.35 bits per heavy atom. The first kappa shape index (κ1) is 35.7.